The summed E-state index contributed by atoms with van der Waals surface area (Å²) in [5.74, 6) is 0.114. The van der Waals surface area contributed by atoms with E-state index in [-0.39, 0.29) is 11.2 Å². The summed E-state index contributed by atoms with van der Waals surface area (Å²) in [5.41, 5.74) is 4.03. The van der Waals surface area contributed by atoms with Gasteiger partial charge in [0.15, 0.2) is 0 Å². The highest BCUT2D eigenvalue weighted by molar-refractivity contribution is 6.28. The summed E-state index contributed by atoms with van der Waals surface area (Å²) in [7, 11) is 0. The second-order valence-corrected chi connectivity index (χ2v) is 5.28. The van der Waals surface area contributed by atoms with Crippen molar-refractivity contribution in [2.75, 3.05) is 0 Å². The van der Waals surface area contributed by atoms with Crippen molar-refractivity contribution in [3.8, 4) is 11.3 Å². The minimum Gasteiger partial charge on any atom is -0.222 e. The lowest BCUT2D eigenvalue weighted by Crippen LogP contribution is -1.99. The molecule has 0 saturated carbocycles. The zero-order valence-electron chi connectivity index (χ0n) is 11.7. The Morgan fingerprint density at radius 1 is 0.952 bits per heavy atom. The molecule has 3 heteroatoms. The van der Waals surface area contributed by atoms with E-state index in [9.17, 15) is 0 Å². The molecule has 1 heterocycles. The number of hydrogen-bond acceptors (Lipinski definition) is 2. The zero-order valence-corrected chi connectivity index (χ0v) is 12.5. The van der Waals surface area contributed by atoms with Crippen LogP contribution in [-0.4, -0.2) is 9.97 Å². The second-order valence-electron chi connectivity index (χ2n) is 4.94. The van der Waals surface area contributed by atoms with E-state index in [4.69, 9.17) is 11.6 Å². The lowest BCUT2D eigenvalue weighted by atomic mass is 10.0. The van der Waals surface area contributed by atoms with Gasteiger partial charge in [-0.05, 0) is 30.2 Å². The largest absolute Gasteiger partial charge is 0.223 e. The molecule has 0 spiro atoms. The monoisotopic (exact) mass is 294 g/mol. The third kappa shape index (κ3) is 3.11. The van der Waals surface area contributed by atoms with Crippen LogP contribution in [-0.2, 0) is 0 Å². The van der Waals surface area contributed by atoms with Crippen molar-refractivity contribution in [1.29, 1.82) is 0 Å². The fourth-order valence-electron chi connectivity index (χ4n) is 2.36. The minimum absolute atomic E-state index is 0.114. The van der Waals surface area contributed by atoms with Gasteiger partial charge in [0.05, 0.1) is 11.4 Å². The van der Waals surface area contributed by atoms with Gasteiger partial charge < -0.3 is 0 Å². The SMILES string of the molecule is Cc1ccccc1-c1cc(C2C=CC=CC=C2)nc(Cl)n1. The van der Waals surface area contributed by atoms with Crippen LogP contribution in [0.5, 0.6) is 0 Å². The Labute approximate surface area is 129 Å². The normalized spacial score (nSPS) is 14.4. The molecule has 1 aromatic heterocycles. The summed E-state index contributed by atoms with van der Waals surface area (Å²) in [6.45, 7) is 2.07. The number of benzene rings is 1. The van der Waals surface area contributed by atoms with Gasteiger partial charge in [0.1, 0.15) is 0 Å². The first-order valence-electron chi connectivity index (χ1n) is 6.86. The summed E-state index contributed by atoms with van der Waals surface area (Å²) in [5, 5.41) is 0.282. The number of halogens is 1. The van der Waals surface area contributed by atoms with Crippen molar-refractivity contribution in [3.63, 3.8) is 0 Å². The molecule has 21 heavy (non-hydrogen) atoms. The molecule has 0 aliphatic heterocycles. The summed E-state index contributed by atoms with van der Waals surface area (Å²) in [4.78, 5) is 8.75. The Bertz CT molecular complexity index is 729. The maximum Gasteiger partial charge on any atom is 0.223 e. The summed E-state index contributed by atoms with van der Waals surface area (Å²) in [6, 6.07) is 10.2. The van der Waals surface area contributed by atoms with Gasteiger partial charge >= 0.3 is 0 Å². The molecule has 0 amide bonds. The molecule has 0 radical (unpaired) electrons. The van der Waals surface area contributed by atoms with E-state index in [1.165, 1.54) is 5.56 Å². The first-order chi connectivity index (χ1) is 10.2. The molecule has 2 aromatic rings. The summed E-state index contributed by atoms with van der Waals surface area (Å²) < 4.78 is 0. The average Bonchev–Trinajstić information content (AvgIpc) is 2.76. The van der Waals surface area contributed by atoms with Crippen LogP contribution in [0.4, 0.5) is 0 Å². The van der Waals surface area contributed by atoms with Crippen molar-refractivity contribution >= 4 is 11.6 Å². The topological polar surface area (TPSA) is 25.8 Å². The molecule has 1 aliphatic rings. The van der Waals surface area contributed by atoms with Crippen LogP contribution in [0.1, 0.15) is 17.2 Å². The van der Waals surface area contributed by atoms with E-state index in [2.05, 4.69) is 41.2 Å². The first kappa shape index (κ1) is 13.8. The molecule has 0 bridgehead atoms. The van der Waals surface area contributed by atoms with Crippen molar-refractivity contribution in [2.45, 2.75) is 12.8 Å². The maximum absolute atomic E-state index is 6.13. The molecular formula is C18H15ClN2. The third-order valence-electron chi connectivity index (χ3n) is 3.45. The van der Waals surface area contributed by atoms with E-state index >= 15 is 0 Å². The third-order valence-corrected chi connectivity index (χ3v) is 3.62. The fourth-order valence-corrected chi connectivity index (χ4v) is 2.55. The Morgan fingerprint density at radius 2 is 1.67 bits per heavy atom. The molecule has 0 N–H and O–H groups in total. The molecule has 0 fully saturated rings. The number of nitrogens with zero attached hydrogens (tertiary/aromatic N) is 2. The average molecular weight is 295 g/mol. The molecule has 1 aromatic carbocycles. The smallest absolute Gasteiger partial charge is 0.222 e. The van der Waals surface area contributed by atoms with E-state index in [1.807, 2.05) is 42.5 Å². The van der Waals surface area contributed by atoms with Crippen LogP contribution in [0.15, 0.2) is 66.8 Å². The number of aryl methyl sites for hydroxylation is 1. The van der Waals surface area contributed by atoms with Crippen molar-refractivity contribution in [1.82, 2.24) is 9.97 Å². The Balaban J connectivity index is 2.07. The first-order valence-corrected chi connectivity index (χ1v) is 7.24. The van der Waals surface area contributed by atoms with Crippen molar-refractivity contribution in [3.05, 3.63) is 83.3 Å². The molecule has 1 aliphatic carbocycles. The van der Waals surface area contributed by atoms with Gasteiger partial charge in [0.2, 0.25) is 5.28 Å². The van der Waals surface area contributed by atoms with Gasteiger partial charge in [-0.2, -0.15) is 0 Å². The number of allylic oxidation sites excluding steroid dienone is 6. The number of aromatic nitrogens is 2. The van der Waals surface area contributed by atoms with E-state index < -0.39 is 0 Å². The molecular weight excluding hydrogens is 280 g/mol. The minimum atomic E-state index is 0.114. The van der Waals surface area contributed by atoms with Crippen molar-refractivity contribution < 1.29 is 0 Å². The van der Waals surface area contributed by atoms with Crippen LogP contribution in [0, 0.1) is 6.92 Å². The number of rotatable bonds is 2. The van der Waals surface area contributed by atoms with Gasteiger partial charge in [-0.1, -0.05) is 60.7 Å². The Morgan fingerprint density at radius 3 is 2.38 bits per heavy atom. The quantitative estimate of drug-likeness (QED) is 0.738. The Kier molecular flexibility index (Phi) is 3.98. The van der Waals surface area contributed by atoms with Gasteiger partial charge in [0.25, 0.3) is 0 Å². The summed E-state index contributed by atoms with van der Waals surface area (Å²) in [6.07, 6.45) is 12.2. The molecule has 0 saturated heterocycles. The highest BCUT2D eigenvalue weighted by atomic mass is 35.5. The molecule has 2 nitrogen and oxygen atoms in total. The summed E-state index contributed by atoms with van der Waals surface area (Å²) >= 11 is 6.13. The predicted molar refractivity (Wildman–Crippen MR) is 87.4 cm³/mol. The van der Waals surface area contributed by atoms with Gasteiger partial charge in [-0.25, -0.2) is 9.97 Å². The van der Waals surface area contributed by atoms with E-state index in [1.54, 1.807) is 0 Å². The van der Waals surface area contributed by atoms with Crippen LogP contribution in [0.2, 0.25) is 5.28 Å². The predicted octanol–water partition coefficient (Wildman–Crippen LogP) is 4.87. The van der Waals surface area contributed by atoms with E-state index in [0.29, 0.717) is 0 Å². The van der Waals surface area contributed by atoms with Gasteiger partial charge in [-0.3, -0.25) is 0 Å². The van der Waals surface area contributed by atoms with Crippen molar-refractivity contribution in [2.24, 2.45) is 0 Å². The highest BCUT2D eigenvalue weighted by Crippen LogP contribution is 2.27. The molecule has 0 unspecified atom stereocenters. The van der Waals surface area contributed by atoms with Crippen LogP contribution < -0.4 is 0 Å². The zero-order chi connectivity index (χ0) is 14.7. The molecule has 104 valence electrons. The molecule has 0 atom stereocenters. The van der Waals surface area contributed by atoms with Crippen LogP contribution in [0.3, 0.4) is 0 Å². The van der Waals surface area contributed by atoms with E-state index in [0.717, 1.165) is 17.0 Å². The van der Waals surface area contributed by atoms with Crippen LogP contribution in [0.25, 0.3) is 11.3 Å². The standard InChI is InChI=1S/C18H15ClN2/c1-13-8-6-7-11-15(13)17-12-16(20-18(19)21-17)14-9-4-2-3-5-10-14/h2-12,14H,1H3. The fraction of sp³-hybridized carbons (Fsp3) is 0.111. The highest BCUT2D eigenvalue weighted by Gasteiger charge is 2.12. The lowest BCUT2D eigenvalue weighted by Gasteiger charge is -2.11. The second kappa shape index (κ2) is 6.06. The van der Waals surface area contributed by atoms with Gasteiger partial charge in [-0.15, -0.1) is 0 Å². The van der Waals surface area contributed by atoms with Gasteiger partial charge in [0, 0.05) is 11.5 Å². The molecule has 3 rings (SSSR count). The Hall–Kier alpha value is -2.19. The lowest BCUT2D eigenvalue weighted by molar-refractivity contribution is 0.968. The maximum atomic E-state index is 6.13. The number of hydrogen-bond donors (Lipinski definition) is 0. The van der Waals surface area contributed by atoms with Crippen LogP contribution >= 0.6 is 11.6 Å².